The fourth-order valence-corrected chi connectivity index (χ4v) is 5.72. The predicted molar refractivity (Wildman–Crippen MR) is 170 cm³/mol. The molecule has 6 N–H and O–H groups in total. The average Bonchev–Trinajstić information content (AvgIpc) is 3.64. The highest BCUT2D eigenvalue weighted by molar-refractivity contribution is 6.04. The van der Waals surface area contributed by atoms with Gasteiger partial charge in [0, 0.05) is 37.9 Å². The number of nitrogens with zero attached hydrogens (tertiary/aromatic N) is 6. The third-order valence-corrected chi connectivity index (χ3v) is 7.82. The van der Waals surface area contributed by atoms with E-state index < -0.39 is 23.8 Å². The van der Waals surface area contributed by atoms with Crippen LogP contribution in [0, 0.1) is 0 Å². The van der Waals surface area contributed by atoms with Crippen molar-refractivity contribution in [3.8, 4) is 34.3 Å². The number of carboxylic acids is 2. The first-order valence-corrected chi connectivity index (χ1v) is 14.2. The molecule has 0 aliphatic rings. The maximum atomic E-state index is 12.2. The quantitative estimate of drug-likeness (QED) is 0.158. The van der Waals surface area contributed by atoms with Crippen molar-refractivity contribution in [1.82, 2.24) is 29.1 Å². The van der Waals surface area contributed by atoms with E-state index >= 15 is 0 Å². The zero-order valence-corrected chi connectivity index (χ0v) is 25.4. The van der Waals surface area contributed by atoms with Crippen molar-refractivity contribution < 1.29 is 38.9 Å². The molecule has 4 aromatic heterocycles. The van der Waals surface area contributed by atoms with Crippen molar-refractivity contribution in [3.63, 3.8) is 0 Å². The first-order valence-electron chi connectivity index (χ1n) is 14.2. The predicted octanol–water partition coefficient (Wildman–Crippen LogP) is 2.82. The second-order valence-electron chi connectivity index (χ2n) is 10.4. The second kappa shape index (κ2) is 12.2. The Labute approximate surface area is 270 Å². The molecule has 0 aliphatic heterocycles. The minimum absolute atomic E-state index is 0.0730. The van der Waals surface area contributed by atoms with Crippen LogP contribution in [0.4, 0.5) is 0 Å². The number of aromatic carboxylic acids is 2. The molecule has 0 unspecified atom stereocenters. The van der Waals surface area contributed by atoms with Crippen LogP contribution in [0.2, 0.25) is 0 Å². The van der Waals surface area contributed by atoms with Crippen LogP contribution in [0.25, 0.3) is 44.8 Å². The highest BCUT2D eigenvalue weighted by atomic mass is 16.5. The fourth-order valence-electron chi connectivity index (χ4n) is 5.72. The summed E-state index contributed by atoms with van der Waals surface area (Å²) in [6.07, 6.45) is 5.42. The first-order chi connectivity index (χ1) is 23.1. The van der Waals surface area contributed by atoms with Gasteiger partial charge in [-0.1, -0.05) is 0 Å². The van der Waals surface area contributed by atoms with Gasteiger partial charge in [-0.3, -0.25) is 19.6 Å². The molecule has 0 bridgehead atoms. The molecule has 0 radical (unpaired) electrons. The number of hydrogen-bond acceptors (Lipinski definition) is 10. The number of carboxylic acid groups (broad SMARTS) is 2. The number of fused-ring (bicyclic) bond motifs is 2. The molecule has 4 heterocycles. The van der Waals surface area contributed by atoms with Gasteiger partial charge in [0.2, 0.25) is 0 Å². The SMILES string of the molecule is COc1c(C(N)=O)ccc2c1nc(-c1cnccc1C(=O)O)n2CCn1c(-c2cnccc2C(=O)O)nc2c(OC)c(C(N)=O)ccc21. The summed E-state index contributed by atoms with van der Waals surface area (Å²) in [7, 11) is 2.72. The molecule has 0 fully saturated rings. The van der Waals surface area contributed by atoms with Gasteiger partial charge in [-0.15, -0.1) is 0 Å². The number of ether oxygens (including phenoxy) is 2. The van der Waals surface area contributed by atoms with E-state index in [0.29, 0.717) is 11.0 Å². The molecule has 0 atom stereocenters. The molecule has 0 spiro atoms. The molecule has 48 heavy (non-hydrogen) atoms. The van der Waals surface area contributed by atoms with Crippen molar-refractivity contribution in [3.05, 3.63) is 83.4 Å². The summed E-state index contributed by atoms with van der Waals surface area (Å²) < 4.78 is 14.5. The van der Waals surface area contributed by atoms with E-state index in [-0.39, 0.29) is 80.7 Å². The summed E-state index contributed by atoms with van der Waals surface area (Å²) in [5, 5.41) is 20.0. The van der Waals surface area contributed by atoms with Crippen LogP contribution in [-0.4, -0.2) is 77.3 Å². The van der Waals surface area contributed by atoms with Gasteiger partial charge in [0.25, 0.3) is 11.8 Å². The molecule has 6 rings (SSSR count). The third-order valence-electron chi connectivity index (χ3n) is 7.82. The number of carbonyl (C=O) groups excluding carboxylic acids is 2. The van der Waals surface area contributed by atoms with Gasteiger partial charge in [-0.05, 0) is 36.4 Å². The van der Waals surface area contributed by atoms with Crippen LogP contribution in [-0.2, 0) is 13.1 Å². The maximum absolute atomic E-state index is 12.2. The van der Waals surface area contributed by atoms with Crippen molar-refractivity contribution >= 4 is 45.8 Å². The van der Waals surface area contributed by atoms with E-state index in [2.05, 4.69) is 9.97 Å². The number of amides is 2. The van der Waals surface area contributed by atoms with Crippen LogP contribution in [0.3, 0.4) is 0 Å². The third kappa shape index (κ3) is 5.06. The Balaban J connectivity index is 1.61. The van der Waals surface area contributed by atoms with Crippen LogP contribution in [0.15, 0.2) is 61.2 Å². The lowest BCUT2D eigenvalue weighted by molar-refractivity contribution is 0.0686. The topological polar surface area (TPSA) is 241 Å². The van der Waals surface area contributed by atoms with Gasteiger partial charge in [-0.2, -0.15) is 0 Å². The summed E-state index contributed by atoms with van der Waals surface area (Å²) in [6, 6.07) is 8.88. The molecule has 0 saturated carbocycles. The summed E-state index contributed by atoms with van der Waals surface area (Å²) in [6.45, 7) is 0.194. The maximum Gasteiger partial charge on any atom is 0.336 e. The minimum Gasteiger partial charge on any atom is -0.494 e. The Kier molecular flexibility index (Phi) is 7.89. The molecule has 0 saturated heterocycles. The fraction of sp³-hybridized carbons (Fsp3) is 0.125. The summed E-state index contributed by atoms with van der Waals surface area (Å²) >= 11 is 0. The lowest BCUT2D eigenvalue weighted by Crippen LogP contribution is -2.14. The number of aromatic nitrogens is 6. The van der Waals surface area contributed by atoms with E-state index in [1.807, 2.05) is 0 Å². The average molecular weight is 651 g/mol. The lowest BCUT2D eigenvalue weighted by atomic mass is 10.1. The molecule has 16 nitrogen and oxygen atoms in total. The Bertz CT molecular complexity index is 2150. The number of rotatable bonds is 11. The molecule has 2 amide bonds. The number of aryl methyl sites for hydroxylation is 2. The molecule has 16 heteroatoms. The largest absolute Gasteiger partial charge is 0.494 e. The van der Waals surface area contributed by atoms with Gasteiger partial charge in [0.05, 0.1) is 58.6 Å². The standard InChI is InChI=1S/C32H26N8O8/c1-47-25-17(27(33)41)3-5-21-23(25)37-29(19-13-35-9-7-15(19)31(43)44)39(21)11-12-40-22-6-4-18(28(34)42)26(48-2)24(22)38-30(40)20-14-36-10-8-16(20)32(45)46/h3-10,13-14H,11-12H2,1-2H3,(H2,33,41)(H2,34,42)(H,43,44)(H,45,46). The van der Waals surface area contributed by atoms with Gasteiger partial charge in [0.15, 0.2) is 11.5 Å². The Morgan fingerprint density at radius 3 is 1.38 bits per heavy atom. The Hall–Kier alpha value is -6.84. The molecule has 0 aliphatic carbocycles. The van der Waals surface area contributed by atoms with Gasteiger partial charge >= 0.3 is 11.9 Å². The van der Waals surface area contributed by atoms with Crippen molar-refractivity contribution in [2.45, 2.75) is 13.1 Å². The molecular formula is C32H26N8O8. The second-order valence-corrected chi connectivity index (χ2v) is 10.4. The van der Waals surface area contributed by atoms with Crippen molar-refractivity contribution in [2.24, 2.45) is 11.5 Å². The summed E-state index contributed by atoms with van der Waals surface area (Å²) in [4.78, 5) is 66.6. The zero-order valence-electron chi connectivity index (χ0n) is 25.4. The molecule has 242 valence electrons. The smallest absolute Gasteiger partial charge is 0.336 e. The first kappa shape index (κ1) is 31.2. The number of primary amides is 2. The minimum atomic E-state index is -1.21. The van der Waals surface area contributed by atoms with Crippen molar-refractivity contribution in [2.75, 3.05) is 14.2 Å². The van der Waals surface area contributed by atoms with E-state index in [0.717, 1.165) is 0 Å². The van der Waals surface area contributed by atoms with Crippen molar-refractivity contribution in [1.29, 1.82) is 0 Å². The number of carbonyl (C=O) groups is 4. The van der Waals surface area contributed by atoms with E-state index in [9.17, 15) is 29.4 Å². The van der Waals surface area contributed by atoms with Crippen LogP contribution < -0.4 is 20.9 Å². The van der Waals surface area contributed by atoms with E-state index in [1.54, 1.807) is 21.3 Å². The molecule has 2 aromatic carbocycles. The summed E-state index contributed by atoms with van der Waals surface area (Å²) in [5.41, 5.74) is 13.0. The number of pyridine rings is 2. The Morgan fingerprint density at radius 1 is 0.646 bits per heavy atom. The number of imidazole rings is 2. The Morgan fingerprint density at radius 2 is 1.04 bits per heavy atom. The van der Waals surface area contributed by atoms with E-state index in [1.165, 1.54) is 63.3 Å². The van der Waals surface area contributed by atoms with Crippen LogP contribution in [0.1, 0.15) is 41.4 Å². The number of benzene rings is 2. The van der Waals surface area contributed by atoms with Crippen LogP contribution >= 0.6 is 0 Å². The molecule has 6 aromatic rings. The highest BCUT2D eigenvalue weighted by Crippen LogP contribution is 2.37. The highest BCUT2D eigenvalue weighted by Gasteiger charge is 2.26. The number of nitrogens with two attached hydrogens (primary N) is 2. The molecular weight excluding hydrogens is 624 g/mol. The number of methoxy groups -OCH3 is 2. The van der Waals surface area contributed by atoms with E-state index in [4.69, 9.17) is 30.9 Å². The lowest BCUT2D eigenvalue weighted by Gasteiger charge is -2.15. The van der Waals surface area contributed by atoms with Gasteiger partial charge in [0.1, 0.15) is 22.7 Å². The normalized spacial score (nSPS) is 11.1. The summed E-state index contributed by atoms with van der Waals surface area (Å²) in [5.74, 6) is -3.34. The monoisotopic (exact) mass is 650 g/mol. The zero-order chi connectivity index (χ0) is 34.3. The number of hydrogen-bond donors (Lipinski definition) is 4. The van der Waals surface area contributed by atoms with Crippen LogP contribution in [0.5, 0.6) is 11.5 Å². The van der Waals surface area contributed by atoms with Gasteiger partial charge < -0.3 is 40.3 Å². The van der Waals surface area contributed by atoms with Gasteiger partial charge in [-0.25, -0.2) is 19.6 Å².